The van der Waals surface area contributed by atoms with Crippen LogP contribution in [-0.4, -0.2) is 58.4 Å². The molecule has 2 atom stereocenters. The molecule has 0 aliphatic carbocycles. The van der Waals surface area contributed by atoms with Gasteiger partial charge in [-0.2, -0.15) is 0 Å². The number of hydrogen-bond acceptors (Lipinski definition) is 5. The minimum absolute atomic E-state index is 0.121. The van der Waals surface area contributed by atoms with Crippen LogP contribution >= 0.6 is 0 Å². The highest BCUT2D eigenvalue weighted by atomic mass is 19.1. The highest BCUT2D eigenvalue weighted by Crippen LogP contribution is 2.42. The van der Waals surface area contributed by atoms with Crippen LogP contribution in [0, 0.1) is 5.82 Å². The molecule has 8 heteroatoms. The van der Waals surface area contributed by atoms with Gasteiger partial charge in [0.2, 0.25) is 5.91 Å². The van der Waals surface area contributed by atoms with E-state index in [1.54, 1.807) is 46.5 Å². The average molecular weight is 449 g/mol. The smallest absolute Gasteiger partial charge is 0.257 e. The van der Waals surface area contributed by atoms with Crippen molar-refractivity contribution < 1.29 is 23.1 Å². The number of carbonyl (C=O) groups excluding carboxylic acids is 2. The van der Waals surface area contributed by atoms with Crippen LogP contribution in [0.3, 0.4) is 0 Å². The van der Waals surface area contributed by atoms with Gasteiger partial charge in [-0.3, -0.25) is 14.6 Å². The highest BCUT2D eigenvalue weighted by molar-refractivity contribution is 5.90. The molecule has 170 valence electrons. The molecule has 5 rings (SSSR count). The number of rotatable bonds is 5. The van der Waals surface area contributed by atoms with Gasteiger partial charge in [0.25, 0.3) is 5.91 Å². The number of halogens is 1. The van der Waals surface area contributed by atoms with E-state index >= 15 is 0 Å². The SMILES string of the molecule is O=C(Cc1ccco1)N1C[C@H](c2cccnc2)[C@]2(C1)OCCN(Cc1ccc(F)cc1)C2=O. The van der Waals surface area contributed by atoms with Crippen LogP contribution in [0.4, 0.5) is 4.39 Å². The Bertz CT molecular complexity index is 1120. The van der Waals surface area contributed by atoms with Crippen molar-refractivity contribution in [3.63, 3.8) is 0 Å². The summed E-state index contributed by atoms with van der Waals surface area (Å²) in [6.45, 7) is 1.64. The lowest BCUT2D eigenvalue weighted by atomic mass is 9.83. The molecular formula is C25H24FN3O4. The van der Waals surface area contributed by atoms with Gasteiger partial charge in [-0.15, -0.1) is 0 Å². The molecular weight excluding hydrogens is 425 g/mol. The van der Waals surface area contributed by atoms with E-state index < -0.39 is 5.60 Å². The summed E-state index contributed by atoms with van der Waals surface area (Å²) in [4.78, 5) is 34.5. The van der Waals surface area contributed by atoms with E-state index in [4.69, 9.17) is 9.15 Å². The molecule has 0 unspecified atom stereocenters. The van der Waals surface area contributed by atoms with Gasteiger partial charge in [0.15, 0.2) is 5.60 Å². The fourth-order valence-corrected chi connectivity index (χ4v) is 4.74. The van der Waals surface area contributed by atoms with E-state index in [9.17, 15) is 14.0 Å². The fraction of sp³-hybridized carbons (Fsp3) is 0.320. The molecule has 2 fully saturated rings. The largest absolute Gasteiger partial charge is 0.469 e. The van der Waals surface area contributed by atoms with Gasteiger partial charge in [0.05, 0.1) is 25.8 Å². The molecule has 2 aliphatic heterocycles. The van der Waals surface area contributed by atoms with E-state index in [2.05, 4.69) is 4.98 Å². The molecule has 2 saturated heterocycles. The van der Waals surface area contributed by atoms with Crippen molar-refractivity contribution in [2.75, 3.05) is 26.2 Å². The van der Waals surface area contributed by atoms with E-state index in [0.29, 0.717) is 32.0 Å². The van der Waals surface area contributed by atoms with Crippen LogP contribution in [0.15, 0.2) is 71.6 Å². The number of amides is 2. The number of furan rings is 1. The standard InChI is InChI=1S/C25H24FN3O4/c26-20-7-5-18(6-8-20)15-28-10-12-33-25(24(28)31)17-29(23(30)13-21-4-2-11-32-21)16-22(25)19-3-1-9-27-14-19/h1-9,11,14,22H,10,12-13,15-17H2/t22-,25+/m1/s1. The van der Waals surface area contributed by atoms with E-state index in [1.807, 2.05) is 12.1 Å². The van der Waals surface area contributed by atoms with Crippen molar-refractivity contribution in [1.82, 2.24) is 14.8 Å². The summed E-state index contributed by atoms with van der Waals surface area (Å²) >= 11 is 0. The van der Waals surface area contributed by atoms with Gasteiger partial charge in [0, 0.05) is 37.9 Å². The summed E-state index contributed by atoms with van der Waals surface area (Å²) in [5, 5.41) is 0. The van der Waals surface area contributed by atoms with Crippen molar-refractivity contribution in [2.45, 2.75) is 24.5 Å². The number of pyridine rings is 1. The molecule has 0 radical (unpaired) electrons. The van der Waals surface area contributed by atoms with Gasteiger partial charge in [-0.05, 0) is 41.5 Å². The van der Waals surface area contributed by atoms with Gasteiger partial charge in [-0.1, -0.05) is 18.2 Å². The zero-order valence-electron chi connectivity index (χ0n) is 18.0. The van der Waals surface area contributed by atoms with Crippen LogP contribution in [-0.2, 0) is 27.3 Å². The minimum Gasteiger partial charge on any atom is -0.469 e. The zero-order chi connectivity index (χ0) is 22.8. The number of carbonyl (C=O) groups is 2. The first-order valence-corrected chi connectivity index (χ1v) is 10.9. The maximum Gasteiger partial charge on any atom is 0.257 e. The summed E-state index contributed by atoms with van der Waals surface area (Å²) in [5.41, 5.74) is 0.492. The average Bonchev–Trinajstić information content (AvgIpc) is 3.48. The van der Waals surface area contributed by atoms with Crippen molar-refractivity contribution in [1.29, 1.82) is 0 Å². The third-order valence-corrected chi connectivity index (χ3v) is 6.39. The number of aromatic nitrogens is 1. The second kappa shape index (κ2) is 8.78. The number of likely N-dealkylation sites (tertiary alicyclic amines) is 1. The third kappa shape index (κ3) is 4.14. The molecule has 0 saturated carbocycles. The lowest BCUT2D eigenvalue weighted by Gasteiger charge is -2.42. The van der Waals surface area contributed by atoms with Crippen molar-refractivity contribution in [2.24, 2.45) is 0 Å². The van der Waals surface area contributed by atoms with Gasteiger partial charge in [0.1, 0.15) is 11.6 Å². The molecule has 2 aromatic heterocycles. The van der Waals surface area contributed by atoms with E-state index in [-0.39, 0.29) is 36.5 Å². The van der Waals surface area contributed by atoms with E-state index in [1.165, 1.54) is 18.4 Å². The molecule has 2 aliphatic rings. The molecule has 3 aromatic rings. The van der Waals surface area contributed by atoms with Crippen molar-refractivity contribution in [3.8, 4) is 0 Å². The first-order valence-electron chi connectivity index (χ1n) is 10.9. The Balaban J connectivity index is 1.43. The number of nitrogens with zero attached hydrogens (tertiary/aromatic N) is 3. The second-order valence-corrected chi connectivity index (χ2v) is 8.46. The zero-order valence-corrected chi connectivity index (χ0v) is 18.0. The lowest BCUT2D eigenvalue weighted by molar-refractivity contribution is -0.173. The third-order valence-electron chi connectivity index (χ3n) is 6.39. The van der Waals surface area contributed by atoms with Crippen LogP contribution in [0.2, 0.25) is 0 Å². The van der Waals surface area contributed by atoms with Gasteiger partial charge >= 0.3 is 0 Å². The Hall–Kier alpha value is -3.52. The Labute approximate surface area is 190 Å². The monoisotopic (exact) mass is 449 g/mol. The van der Waals surface area contributed by atoms with Crippen molar-refractivity contribution in [3.05, 3.63) is 89.9 Å². The summed E-state index contributed by atoms with van der Waals surface area (Å²) in [6.07, 6.45) is 5.06. The van der Waals surface area contributed by atoms with Gasteiger partial charge in [-0.25, -0.2) is 4.39 Å². The Morgan fingerprint density at radius 3 is 2.76 bits per heavy atom. The highest BCUT2D eigenvalue weighted by Gasteiger charge is 2.58. The van der Waals surface area contributed by atoms with Crippen LogP contribution in [0.5, 0.6) is 0 Å². The predicted molar refractivity (Wildman–Crippen MR) is 116 cm³/mol. The first-order chi connectivity index (χ1) is 16.0. The quantitative estimate of drug-likeness (QED) is 0.599. The molecule has 4 heterocycles. The second-order valence-electron chi connectivity index (χ2n) is 8.46. The summed E-state index contributed by atoms with van der Waals surface area (Å²) in [5.74, 6) is -0.382. The Morgan fingerprint density at radius 1 is 1.18 bits per heavy atom. The maximum atomic E-state index is 13.8. The molecule has 7 nitrogen and oxygen atoms in total. The number of ether oxygens (including phenoxy) is 1. The predicted octanol–water partition coefficient (Wildman–Crippen LogP) is 2.78. The number of benzene rings is 1. The normalized spacial score (nSPS) is 22.8. The van der Waals surface area contributed by atoms with Crippen LogP contribution < -0.4 is 0 Å². The van der Waals surface area contributed by atoms with Crippen LogP contribution in [0.1, 0.15) is 22.8 Å². The maximum absolute atomic E-state index is 13.8. The number of hydrogen-bond donors (Lipinski definition) is 0. The minimum atomic E-state index is -1.19. The van der Waals surface area contributed by atoms with E-state index in [0.717, 1.165) is 11.1 Å². The number of morpholine rings is 1. The molecule has 0 bridgehead atoms. The van der Waals surface area contributed by atoms with Gasteiger partial charge < -0.3 is 19.0 Å². The lowest BCUT2D eigenvalue weighted by Crippen LogP contribution is -2.60. The molecule has 1 spiro atoms. The Kier molecular flexibility index (Phi) is 5.68. The summed E-state index contributed by atoms with van der Waals surface area (Å²) in [6, 6.07) is 13.4. The molecule has 1 aromatic carbocycles. The van der Waals surface area contributed by atoms with Crippen molar-refractivity contribution >= 4 is 11.8 Å². The molecule has 0 N–H and O–H groups in total. The van der Waals surface area contributed by atoms with Crippen LogP contribution in [0.25, 0.3) is 0 Å². The topological polar surface area (TPSA) is 75.9 Å². The fourth-order valence-electron chi connectivity index (χ4n) is 4.74. The summed E-state index contributed by atoms with van der Waals surface area (Å²) < 4.78 is 24.9. The molecule has 2 amide bonds. The Morgan fingerprint density at radius 2 is 2.03 bits per heavy atom. The first kappa shape index (κ1) is 21.3. The summed E-state index contributed by atoms with van der Waals surface area (Å²) in [7, 11) is 0. The molecule has 33 heavy (non-hydrogen) atoms.